The summed E-state index contributed by atoms with van der Waals surface area (Å²) < 4.78 is 0. The first-order chi connectivity index (χ1) is 9.29. The van der Waals surface area contributed by atoms with Gasteiger partial charge >= 0.3 is 0 Å². The molecule has 3 nitrogen and oxygen atoms in total. The minimum absolute atomic E-state index is 0.224. The Morgan fingerprint density at radius 1 is 1.26 bits per heavy atom. The molecule has 1 fully saturated rings. The molecule has 0 spiro atoms. The Labute approximate surface area is 115 Å². The second-order valence-electron chi connectivity index (χ2n) is 5.03. The number of Topliss-reactive ketones (excluding diaryl/α,β-unsaturated/α-hetero) is 1. The normalized spacial score (nSPS) is 17.3. The number of piperidine rings is 1. The second-order valence-corrected chi connectivity index (χ2v) is 5.03. The van der Waals surface area contributed by atoms with Gasteiger partial charge in [-0.25, -0.2) is 0 Å². The van der Waals surface area contributed by atoms with E-state index in [0.29, 0.717) is 12.2 Å². The van der Waals surface area contributed by atoms with Gasteiger partial charge in [-0.05, 0) is 31.4 Å². The molecule has 0 bridgehead atoms. The zero-order valence-corrected chi connectivity index (χ0v) is 11.4. The van der Waals surface area contributed by atoms with E-state index in [-0.39, 0.29) is 5.92 Å². The summed E-state index contributed by atoms with van der Waals surface area (Å²) in [6, 6.07) is 9.80. The maximum atomic E-state index is 11.9. The van der Waals surface area contributed by atoms with Gasteiger partial charge in [0.25, 0.3) is 0 Å². The predicted molar refractivity (Wildman–Crippen MR) is 75.6 cm³/mol. The fraction of sp³-hybridized carbons (Fsp3) is 0.500. The minimum Gasteiger partial charge on any atom is -0.406 e. The van der Waals surface area contributed by atoms with Crippen LogP contribution >= 0.6 is 0 Å². The van der Waals surface area contributed by atoms with Gasteiger partial charge in [-0.1, -0.05) is 31.5 Å². The monoisotopic (exact) mass is 260 g/mol. The largest absolute Gasteiger partial charge is 0.406 e. The van der Waals surface area contributed by atoms with Crippen LogP contribution in [0.3, 0.4) is 0 Å². The molecular formula is C16H22NO2. The van der Waals surface area contributed by atoms with Crippen LogP contribution in [0.1, 0.15) is 32.1 Å². The van der Waals surface area contributed by atoms with Crippen molar-refractivity contribution in [3.8, 4) is 5.75 Å². The molecule has 1 aliphatic rings. The molecule has 0 saturated carbocycles. The van der Waals surface area contributed by atoms with E-state index in [1.54, 1.807) is 0 Å². The number of hydrogen-bond acceptors (Lipinski definition) is 3. The molecular weight excluding hydrogens is 238 g/mol. The minimum atomic E-state index is 0.224. The standard InChI is InChI=1S/C16H22NO2/c1-2-3-9-16(18)14-10-12-17(13-11-14)19-15-7-5-4-6-8-15/h4-8,14H,1-3,9-13H2. The van der Waals surface area contributed by atoms with E-state index in [2.05, 4.69) is 6.92 Å². The molecule has 3 heteroatoms. The summed E-state index contributed by atoms with van der Waals surface area (Å²) in [5.74, 6) is 1.49. The van der Waals surface area contributed by atoms with Gasteiger partial charge in [-0.3, -0.25) is 4.79 Å². The third-order valence-electron chi connectivity index (χ3n) is 3.56. The molecule has 1 heterocycles. The zero-order chi connectivity index (χ0) is 13.5. The van der Waals surface area contributed by atoms with E-state index in [0.717, 1.165) is 44.5 Å². The lowest BCUT2D eigenvalue weighted by Crippen LogP contribution is -2.38. The molecule has 1 aromatic rings. The summed E-state index contributed by atoms with van der Waals surface area (Å²) >= 11 is 0. The Morgan fingerprint density at radius 2 is 1.95 bits per heavy atom. The summed E-state index contributed by atoms with van der Waals surface area (Å²) in [5, 5.41) is 1.96. The van der Waals surface area contributed by atoms with Crippen LogP contribution in [-0.4, -0.2) is 23.9 Å². The molecule has 0 aromatic heterocycles. The first-order valence-electron chi connectivity index (χ1n) is 7.09. The average Bonchev–Trinajstić information content (AvgIpc) is 2.46. The number of hydroxylamine groups is 2. The molecule has 1 radical (unpaired) electrons. The van der Waals surface area contributed by atoms with Gasteiger partial charge in [0, 0.05) is 25.4 Å². The van der Waals surface area contributed by atoms with Gasteiger partial charge in [-0.15, -0.1) is 5.06 Å². The second kappa shape index (κ2) is 7.29. The highest BCUT2D eigenvalue weighted by atomic mass is 16.7. The lowest BCUT2D eigenvalue weighted by Gasteiger charge is -2.30. The van der Waals surface area contributed by atoms with Crippen molar-refractivity contribution in [2.45, 2.75) is 32.1 Å². The lowest BCUT2D eigenvalue weighted by atomic mass is 9.91. The Kier molecular flexibility index (Phi) is 5.40. The lowest BCUT2D eigenvalue weighted by molar-refractivity contribution is -0.129. The maximum absolute atomic E-state index is 11.9. The molecule has 0 atom stereocenters. The van der Waals surface area contributed by atoms with Crippen LogP contribution in [0.5, 0.6) is 5.75 Å². The van der Waals surface area contributed by atoms with Crippen LogP contribution in [0, 0.1) is 12.8 Å². The molecule has 0 amide bonds. The van der Waals surface area contributed by atoms with Crippen LogP contribution in [0.25, 0.3) is 0 Å². The molecule has 0 N–H and O–H groups in total. The molecule has 0 unspecified atom stereocenters. The van der Waals surface area contributed by atoms with E-state index in [1.807, 2.05) is 35.4 Å². The van der Waals surface area contributed by atoms with E-state index in [9.17, 15) is 4.79 Å². The van der Waals surface area contributed by atoms with Gasteiger partial charge in [0.05, 0.1) is 0 Å². The van der Waals surface area contributed by atoms with Crippen LogP contribution in [0.2, 0.25) is 0 Å². The Hall–Kier alpha value is -1.35. The molecule has 0 aliphatic carbocycles. The number of carbonyl (C=O) groups is 1. The van der Waals surface area contributed by atoms with Crippen molar-refractivity contribution in [2.75, 3.05) is 13.1 Å². The summed E-state index contributed by atoms with van der Waals surface area (Å²) in [6.45, 7) is 5.44. The van der Waals surface area contributed by atoms with E-state index >= 15 is 0 Å². The van der Waals surface area contributed by atoms with Crippen molar-refractivity contribution in [3.05, 3.63) is 37.3 Å². The number of carbonyl (C=O) groups excluding carboxylic acids is 1. The quantitative estimate of drug-likeness (QED) is 0.786. The Morgan fingerprint density at radius 3 is 2.58 bits per heavy atom. The van der Waals surface area contributed by atoms with Crippen molar-refractivity contribution in [2.24, 2.45) is 5.92 Å². The number of rotatable bonds is 6. The number of ketones is 1. The Balaban J connectivity index is 1.75. The number of hydrogen-bond donors (Lipinski definition) is 0. The van der Waals surface area contributed by atoms with Gasteiger partial charge in [0.15, 0.2) is 0 Å². The van der Waals surface area contributed by atoms with Gasteiger partial charge in [-0.2, -0.15) is 0 Å². The predicted octanol–water partition coefficient (Wildman–Crippen LogP) is 3.27. The molecule has 19 heavy (non-hydrogen) atoms. The smallest absolute Gasteiger partial charge is 0.147 e. The Bertz CT molecular complexity index is 383. The molecule has 103 valence electrons. The third-order valence-corrected chi connectivity index (χ3v) is 3.56. The SMILES string of the molecule is [CH2]CCCC(=O)C1CCN(Oc2ccccc2)CC1. The molecule has 1 saturated heterocycles. The highest BCUT2D eigenvalue weighted by Crippen LogP contribution is 2.22. The van der Waals surface area contributed by atoms with Crippen molar-refractivity contribution in [1.29, 1.82) is 0 Å². The fourth-order valence-corrected chi connectivity index (χ4v) is 2.40. The van der Waals surface area contributed by atoms with E-state index in [1.165, 1.54) is 0 Å². The highest BCUT2D eigenvalue weighted by Gasteiger charge is 2.25. The third kappa shape index (κ3) is 4.35. The highest BCUT2D eigenvalue weighted by molar-refractivity contribution is 5.81. The van der Waals surface area contributed by atoms with Crippen molar-refractivity contribution < 1.29 is 9.63 Å². The summed E-state index contributed by atoms with van der Waals surface area (Å²) in [7, 11) is 0. The first-order valence-corrected chi connectivity index (χ1v) is 7.09. The average molecular weight is 260 g/mol. The maximum Gasteiger partial charge on any atom is 0.147 e. The zero-order valence-electron chi connectivity index (χ0n) is 11.4. The summed E-state index contributed by atoms with van der Waals surface area (Å²) in [4.78, 5) is 17.7. The van der Waals surface area contributed by atoms with Gasteiger partial charge < -0.3 is 4.84 Å². The van der Waals surface area contributed by atoms with Crippen LogP contribution in [0.4, 0.5) is 0 Å². The number of nitrogens with zero attached hydrogens (tertiary/aromatic N) is 1. The number of benzene rings is 1. The molecule has 1 aliphatic heterocycles. The molecule has 2 rings (SSSR count). The summed E-state index contributed by atoms with van der Waals surface area (Å²) in [5.41, 5.74) is 0. The first kappa shape index (κ1) is 14.1. The summed E-state index contributed by atoms with van der Waals surface area (Å²) in [6.07, 6.45) is 4.26. The van der Waals surface area contributed by atoms with Gasteiger partial charge in [0.1, 0.15) is 11.5 Å². The molecule has 1 aromatic carbocycles. The van der Waals surface area contributed by atoms with Crippen LogP contribution < -0.4 is 4.84 Å². The fourth-order valence-electron chi connectivity index (χ4n) is 2.40. The van der Waals surface area contributed by atoms with Crippen molar-refractivity contribution in [3.63, 3.8) is 0 Å². The van der Waals surface area contributed by atoms with Crippen molar-refractivity contribution >= 4 is 5.78 Å². The van der Waals surface area contributed by atoms with Gasteiger partial charge in [0.2, 0.25) is 0 Å². The van der Waals surface area contributed by atoms with Crippen LogP contribution in [-0.2, 0) is 4.79 Å². The van der Waals surface area contributed by atoms with E-state index < -0.39 is 0 Å². The van der Waals surface area contributed by atoms with E-state index in [4.69, 9.17) is 4.84 Å². The number of para-hydroxylation sites is 1. The van der Waals surface area contributed by atoms with Crippen molar-refractivity contribution in [1.82, 2.24) is 5.06 Å². The van der Waals surface area contributed by atoms with Crippen LogP contribution in [0.15, 0.2) is 30.3 Å². The number of unbranched alkanes of at least 4 members (excludes halogenated alkanes) is 1. The topological polar surface area (TPSA) is 29.5 Å².